The second-order valence-electron chi connectivity index (χ2n) is 15.4. The average Bonchev–Trinajstić information content (AvgIpc) is 3.21. The predicted octanol–water partition coefficient (Wildman–Crippen LogP) is -3.79. The second kappa shape index (κ2) is 30.4. The third-order valence-corrected chi connectivity index (χ3v) is 9.48. The van der Waals surface area contributed by atoms with Crippen molar-refractivity contribution in [3.63, 3.8) is 0 Å². The number of phenols is 1. The topological polar surface area (TPSA) is 384 Å². The molecule has 7 amide bonds. The number of phenolic OH excluding ortho intramolecular Hbond substituents is 1. The number of carbonyl (C=O) groups is 7. The maximum Gasteiger partial charge on any atom is 0.245 e. The van der Waals surface area contributed by atoms with Gasteiger partial charge < -0.3 is 76.3 Å². The lowest BCUT2D eigenvalue weighted by molar-refractivity contribution is -0.139. The molecule has 0 bridgehead atoms. The largest absolute Gasteiger partial charge is 0.508 e. The normalized spacial score (nSPS) is 13.4. The zero-order valence-electron chi connectivity index (χ0n) is 36.5. The monoisotopic (exact) mass is 877 g/mol. The smallest absolute Gasteiger partial charge is 0.245 e. The van der Waals surface area contributed by atoms with Gasteiger partial charge in [0.1, 0.15) is 36.0 Å². The number of benzene rings is 1. The minimum absolute atomic E-state index is 0.00710. The van der Waals surface area contributed by atoms with E-state index in [1.165, 1.54) is 12.1 Å². The van der Waals surface area contributed by atoms with E-state index >= 15 is 0 Å². The molecule has 22 nitrogen and oxygen atoms in total. The van der Waals surface area contributed by atoms with E-state index in [9.17, 15) is 38.7 Å². The van der Waals surface area contributed by atoms with Crippen molar-refractivity contribution in [3.05, 3.63) is 29.8 Å². The number of amides is 7. The summed E-state index contributed by atoms with van der Waals surface area (Å²) in [5.41, 5.74) is 34.0. The number of nitrogens with zero attached hydrogens (tertiary/aromatic N) is 2. The van der Waals surface area contributed by atoms with E-state index in [4.69, 9.17) is 34.4 Å². The van der Waals surface area contributed by atoms with Crippen LogP contribution in [0.3, 0.4) is 0 Å². The van der Waals surface area contributed by atoms with Crippen LogP contribution in [0.1, 0.15) is 77.7 Å². The summed E-state index contributed by atoms with van der Waals surface area (Å²) in [5, 5.41) is 26.2. The summed E-state index contributed by atoms with van der Waals surface area (Å²) in [6.45, 7) is 6.09. The molecular weight excluding hydrogens is 805 g/mol. The summed E-state index contributed by atoms with van der Waals surface area (Å²) in [4.78, 5) is 98.6. The molecule has 0 aliphatic heterocycles. The Morgan fingerprint density at radius 2 is 1.27 bits per heavy atom. The van der Waals surface area contributed by atoms with Gasteiger partial charge in [0, 0.05) is 32.6 Å². The number of nitrogens with one attached hydrogen (secondary N) is 6. The van der Waals surface area contributed by atoms with Crippen LogP contribution in [-0.2, 0) is 40.0 Å². The predicted molar refractivity (Wildman–Crippen MR) is 235 cm³/mol. The molecule has 0 heterocycles. The molecule has 1 aromatic rings. The van der Waals surface area contributed by atoms with Crippen molar-refractivity contribution < 1.29 is 38.7 Å². The number of hydrogen-bond acceptors (Lipinski definition) is 13. The van der Waals surface area contributed by atoms with Gasteiger partial charge in [-0.3, -0.25) is 38.6 Å². The number of aliphatic imine (C=N–C) groups is 1. The Labute approximate surface area is 364 Å². The van der Waals surface area contributed by atoms with Crippen molar-refractivity contribution in [2.24, 2.45) is 45.3 Å². The molecule has 0 aromatic heterocycles. The first-order chi connectivity index (χ1) is 29.4. The van der Waals surface area contributed by atoms with Crippen LogP contribution >= 0.6 is 0 Å². The first-order valence-electron chi connectivity index (χ1n) is 21.2. The zero-order chi connectivity index (χ0) is 46.6. The fourth-order valence-corrected chi connectivity index (χ4v) is 6.16. The van der Waals surface area contributed by atoms with Gasteiger partial charge in [-0.25, -0.2) is 0 Å². The molecule has 0 radical (unpaired) electrons. The number of rotatable bonds is 32. The minimum Gasteiger partial charge on any atom is -0.508 e. The summed E-state index contributed by atoms with van der Waals surface area (Å²) in [5.74, 6) is -4.80. The summed E-state index contributed by atoms with van der Waals surface area (Å²) in [7, 11) is 0. The first kappa shape index (κ1) is 54.4. The summed E-state index contributed by atoms with van der Waals surface area (Å²) >= 11 is 0. The number of guanidine groups is 1. The van der Waals surface area contributed by atoms with E-state index in [1.54, 1.807) is 19.1 Å². The second-order valence-corrected chi connectivity index (χ2v) is 15.4. The SMILES string of the molecule is CCC[C@H](NC(=O)[C@H](CCCN=C(N)N)NC(=O)CNCCCCN)C(=O)N[C@@H](Cc1ccc(O)cc1)C(=O)N[C@@H](CN)C(=O)N[C@@H](CCC(C)C)C(=O)N(CCN)CC(N)=O. The van der Waals surface area contributed by atoms with Crippen LogP contribution in [-0.4, -0.2) is 140 Å². The number of unbranched alkanes of at least 4 members (excludes halogenated alkanes) is 1. The highest BCUT2D eigenvalue weighted by molar-refractivity contribution is 5.97. The van der Waals surface area contributed by atoms with Crippen molar-refractivity contribution in [1.82, 2.24) is 36.8 Å². The first-order valence-corrected chi connectivity index (χ1v) is 21.2. The third-order valence-electron chi connectivity index (χ3n) is 9.48. The highest BCUT2D eigenvalue weighted by Crippen LogP contribution is 2.13. The van der Waals surface area contributed by atoms with Crippen LogP contribution in [0.4, 0.5) is 0 Å². The standard InChI is InChI=1S/C40H72N14O8/c1-4-8-28(50-36(59)29(9-7-19-48-40(45)46)49-34(57)23-47-18-6-5-16-41)35(58)52-31(21-26-11-13-27(55)14-12-26)37(60)53-32(22-43)38(61)51-30(15-10-25(2)3)39(62)54(20-17-42)24-33(44)56/h11-14,25,28-32,47,55H,4-10,15-24,41-43H2,1-3H3,(H2,44,56)(H,49,57)(H,50,59)(H,51,61)(H,52,58)(H,53,60)(H4,45,46,48)/t28-,29-,30-,31-,32-/m0/s1. The van der Waals surface area contributed by atoms with Crippen LogP contribution in [0.15, 0.2) is 29.3 Å². The highest BCUT2D eigenvalue weighted by Gasteiger charge is 2.33. The fourth-order valence-electron chi connectivity index (χ4n) is 6.16. The Bertz CT molecular complexity index is 1590. The van der Waals surface area contributed by atoms with Gasteiger partial charge in [-0.05, 0) is 81.6 Å². The van der Waals surface area contributed by atoms with Gasteiger partial charge in [-0.15, -0.1) is 0 Å². The summed E-state index contributed by atoms with van der Waals surface area (Å²) in [6.07, 6.45) is 3.21. The molecule has 22 heteroatoms. The molecular formula is C40H72N14O8. The lowest BCUT2D eigenvalue weighted by Crippen LogP contribution is -2.61. The Morgan fingerprint density at radius 1 is 0.694 bits per heavy atom. The van der Waals surface area contributed by atoms with Crippen LogP contribution in [0.25, 0.3) is 0 Å². The fraction of sp³-hybridized carbons (Fsp3) is 0.650. The van der Waals surface area contributed by atoms with Gasteiger partial charge in [0.25, 0.3) is 0 Å². The molecule has 5 atom stereocenters. The molecule has 350 valence electrons. The van der Waals surface area contributed by atoms with Crippen molar-refractivity contribution >= 4 is 47.3 Å². The van der Waals surface area contributed by atoms with Crippen LogP contribution in [0.5, 0.6) is 5.75 Å². The number of aromatic hydroxyl groups is 1. The van der Waals surface area contributed by atoms with E-state index in [-0.39, 0.29) is 69.5 Å². The van der Waals surface area contributed by atoms with E-state index in [0.717, 1.165) is 17.7 Å². The number of hydrogen-bond donors (Lipinski definition) is 13. The number of nitrogens with two attached hydrogens (primary N) is 6. The van der Waals surface area contributed by atoms with Crippen LogP contribution in [0, 0.1) is 5.92 Å². The van der Waals surface area contributed by atoms with Crippen LogP contribution in [0.2, 0.25) is 0 Å². The summed E-state index contributed by atoms with van der Waals surface area (Å²) < 4.78 is 0. The minimum atomic E-state index is -1.38. The highest BCUT2D eigenvalue weighted by atomic mass is 16.3. The van der Waals surface area contributed by atoms with Crippen LogP contribution < -0.4 is 66.3 Å². The molecule has 19 N–H and O–H groups in total. The van der Waals surface area contributed by atoms with Gasteiger partial charge in [0.15, 0.2) is 5.96 Å². The van der Waals surface area contributed by atoms with Gasteiger partial charge in [-0.2, -0.15) is 0 Å². The van der Waals surface area contributed by atoms with E-state index in [2.05, 4.69) is 36.9 Å². The zero-order valence-corrected chi connectivity index (χ0v) is 36.5. The molecule has 0 spiro atoms. The molecule has 0 saturated carbocycles. The van der Waals surface area contributed by atoms with E-state index < -0.39 is 84.6 Å². The molecule has 0 aliphatic carbocycles. The van der Waals surface area contributed by atoms with Crippen molar-refractivity contribution in [2.75, 3.05) is 52.4 Å². The number of primary amides is 1. The molecule has 62 heavy (non-hydrogen) atoms. The van der Waals surface area contributed by atoms with Gasteiger partial charge in [0.2, 0.25) is 41.4 Å². The molecule has 0 saturated heterocycles. The molecule has 0 fully saturated rings. The van der Waals surface area contributed by atoms with E-state index in [1.807, 2.05) is 13.8 Å². The molecule has 0 aliphatic rings. The Hall–Kier alpha value is -5.58. The van der Waals surface area contributed by atoms with E-state index in [0.29, 0.717) is 37.9 Å². The van der Waals surface area contributed by atoms with Gasteiger partial charge >= 0.3 is 0 Å². The Morgan fingerprint density at radius 3 is 1.84 bits per heavy atom. The maximum absolute atomic E-state index is 14.0. The van der Waals surface area contributed by atoms with Gasteiger partial charge in [0.05, 0.1) is 13.1 Å². The quantitative estimate of drug-likeness (QED) is 0.0188. The van der Waals surface area contributed by atoms with Crippen molar-refractivity contribution in [2.45, 2.75) is 109 Å². The lowest BCUT2D eigenvalue weighted by atomic mass is 10.0. The third kappa shape index (κ3) is 22.3. The van der Waals surface area contributed by atoms with Gasteiger partial charge in [-0.1, -0.05) is 39.3 Å². The lowest BCUT2D eigenvalue weighted by Gasteiger charge is -2.29. The molecule has 1 rings (SSSR count). The van der Waals surface area contributed by atoms with Crippen molar-refractivity contribution in [3.8, 4) is 5.75 Å². The Kier molecular flexibility index (Phi) is 26.7. The molecule has 1 aromatic carbocycles. The maximum atomic E-state index is 14.0. The Balaban J connectivity index is 3.36. The average molecular weight is 877 g/mol. The summed E-state index contributed by atoms with van der Waals surface area (Å²) in [6, 6.07) is -0.138. The number of carbonyl (C=O) groups excluding carboxylic acids is 7. The van der Waals surface area contributed by atoms with Crippen molar-refractivity contribution in [1.29, 1.82) is 0 Å². The molecule has 0 unspecified atom stereocenters.